The predicted octanol–water partition coefficient (Wildman–Crippen LogP) is 4.78. The second kappa shape index (κ2) is 7.15. The third-order valence-electron chi connectivity index (χ3n) is 4.30. The summed E-state index contributed by atoms with van der Waals surface area (Å²) in [4.78, 5) is 20.8. The van der Waals surface area contributed by atoms with Crippen LogP contribution >= 0.6 is 35.6 Å². The molecule has 1 aliphatic rings. The average molecular weight is 406 g/mol. The van der Waals surface area contributed by atoms with Gasteiger partial charge in [-0.1, -0.05) is 35.1 Å². The summed E-state index contributed by atoms with van der Waals surface area (Å²) in [6, 6.07) is 7.85. The molecule has 0 bridgehead atoms. The van der Waals surface area contributed by atoms with Crippen LogP contribution in [-0.2, 0) is 9.53 Å². The first-order valence-corrected chi connectivity index (χ1v) is 9.87. The number of ether oxygens (including phenoxy) is 1. The van der Waals surface area contributed by atoms with E-state index >= 15 is 0 Å². The van der Waals surface area contributed by atoms with Gasteiger partial charge in [0.15, 0.2) is 10.1 Å². The summed E-state index contributed by atoms with van der Waals surface area (Å²) in [5.74, 6) is -0.266. The minimum Gasteiger partial charge on any atom is -0.355 e. The average Bonchev–Trinajstić information content (AvgIpc) is 3.10. The summed E-state index contributed by atoms with van der Waals surface area (Å²) in [6.07, 6.45) is 5.97. The maximum absolute atomic E-state index is 12.5. The number of nitrogens with zero attached hydrogens (tertiary/aromatic N) is 2. The fraction of sp³-hybridized carbons (Fsp3) is 0.278. The van der Waals surface area contributed by atoms with Crippen molar-refractivity contribution in [1.82, 2.24) is 9.97 Å². The van der Waals surface area contributed by atoms with Gasteiger partial charge in [-0.2, -0.15) is 0 Å². The number of thiol groups is 1. The summed E-state index contributed by atoms with van der Waals surface area (Å²) >= 11 is 11.8. The second-order valence-corrected chi connectivity index (χ2v) is 8.28. The minimum atomic E-state index is -1.07. The lowest BCUT2D eigenvalue weighted by molar-refractivity contribution is -0.133. The number of halogens is 1. The molecule has 1 fully saturated rings. The van der Waals surface area contributed by atoms with Gasteiger partial charge in [0, 0.05) is 24.4 Å². The van der Waals surface area contributed by atoms with Crippen molar-refractivity contribution in [1.29, 1.82) is 0 Å². The molecule has 1 N–H and O–H groups in total. The quantitative estimate of drug-likeness (QED) is 0.486. The van der Waals surface area contributed by atoms with Gasteiger partial charge in [0.1, 0.15) is 5.15 Å². The number of carbonyl (C=O) groups excluding carboxylic acids is 1. The lowest BCUT2D eigenvalue weighted by atomic mass is 10.1. The van der Waals surface area contributed by atoms with Crippen LogP contribution in [0, 0.1) is 0 Å². The first-order valence-electron chi connectivity index (χ1n) is 8.23. The number of hydrogen-bond donors (Lipinski definition) is 2. The molecule has 3 aromatic rings. The number of amides is 1. The molecule has 3 heterocycles. The lowest BCUT2D eigenvalue weighted by Gasteiger charge is -2.30. The molecule has 0 saturated carbocycles. The van der Waals surface area contributed by atoms with Crippen molar-refractivity contribution in [2.24, 2.45) is 0 Å². The number of fused-ring (bicyclic) bond motifs is 1. The number of carbonyl (C=O) groups is 1. The smallest absolute Gasteiger partial charge is 0.268 e. The monoisotopic (exact) mass is 405 g/mol. The van der Waals surface area contributed by atoms with E-state index in [1.165, 1.54) is 11.3 Å². The third kappa shape index (κ3) is 3.57. The number of pyridine rings is 1. The standard InChI is InChI=1S/C18H16ClN3O2S2/c19-15-8-13-7-11(3-4-12(13)9-20-15)14-10-21-17(26-14)22-16(23)18(25)5-1-2-6-24-18/h3-4,7-10,25H,1-2,5-6H2,(H,21,22,23)/t18-/m0/s1. The number of benzene rings is 1. The van der Waals surface area contributed by atoms with Gasteiger partial charge in [-0.3, -0.25) is 10.1 Å². The molecular weight excluding hydrogens is 390 g/mol. The van der Waals surface area contributed by atoms with E-state index in [1.807, 2.05) is 24.3 Å². The molecule has 0 radical (unpaired) electrons. The Labute approximate surface area is 165 Å². The number of anilines is 1. The molecule has 4 rings (SSSR count). The Bertz CT molecular complexity index is 970. The molecule has 1 amide bonds. The zero-order valence-electron chi connectivity index (χ0n) is 13.7. The number of aromatic nitrogens is 2. The summed E-state index contributed by atoms with van der Waals surface area (Å²) < 4.78 is 5.56. The Morgan fingerprint density at radius 1 is 1.23 bits per heavy atom. The van der Waals surface area contributed by atoms with Crippen molar-refractivity contribution in [3.63, 3.8) is 0 Å². The van der Waals surface area contributed by atoms with Gasteiger partial charge in [-0.05, 0) is 42.3 Å². The molecule has 2 aromatic heterocycles. The summed E-state index contributed by atoms with van der Waals surface area (Å²) in [6.45, 7) is 0.550. The van der Waals surface area contributed by atoms with Gasteiger partial charge in [-0.15, -0.1) is 12.6 Å². The van der Waals surface area contributed by atoms with E-state index < -0.39 is 4.93 Å². The number of nitrogens with one attached hydrogen (secondary N) is 1. The molecule has 134 valence electrons. The Balaban J connectivity index is 1.55. The molecule has 1 atom stereocenters. The van der Waals surface area contributed by atoms with Crippen molar-refractivity contribution in [2.75, 3.05) is 11.9 Å². The Kier molecular flexibility index (Phi) is 4.88. The lowest BCUT2D eigenvalue weighted by Crippen LogP contribution is -2.42. The van der Waals surface area contributed by atoms with E-state index in [9.17, 15) is 4.79 Å². The van der Waals surface area contributed by atoms with Crippen LogP contribution in [0.2, 0.25) is 5.15 Å². The van der Waals surface area contributed by atoms with Crippen LogP contribution in [0.3, 0.4) is 0 Å². The number of thiazole rings is 1. The van der Waals surface area contributed by atoms with Crippen LogP contribution in [0.1, 0.15) is 19.3 Å². The van der Waals surface area contributed by atoms with E-state index in [-0.39, 0.29) is 5.91 Å². The highest BCUT2D eigenvalue weighted by Crippen LogP contribution is 2.34. The highest BCUT2D eigenvalue weighted by molar-refractivity contribution is 7.82. The van der Waals surface area contributed by atoms with Crippen LogP contribution in [-0.4, -0.2) is 27.4 Å². The molecule has 1 saturated heterocycles. The maximum atomic E-state index is 12.5. The molecule has 0 unspecified atom stereocenters. The molecule has 5 nitrogen and oxygen atoms in total. The summed E-state index contributed by atoms with van der Waals surface area (Å²) in [5.41, 5.74) is 1.01. The van der Waals surface area contributed by atoms with Crippen LogP contribution in [0.15, 0.2) is 36.7 Å². The second-order valence-electron chi connectivity index (χ2n) is 6.14. The molecule has 0 spiro atoms. The van der Waals surface area contributed by atoms with E-state index in [2.05, 4.69) is 27.9 Å². The SMILES string of the molecule is O=C(Nc1ncc(-c2ccc3cnc(Cl)cc3c2)s1)[C@@]1(S)CCCCO1. The zero-order valence-corrected chi connectivity index (χ0v) is 16.2. The molecule has 1 aliphatic heterocycles. The number of rotatable bonds is 3. The van der Waals surface area contributed by atoms with Crippen LogP contribution < -0.4 is 5.32 Å². The normalized spacial score (nSPS) is 20.2. The highest BCUT2D eigenvalue weighted by Gasteiger charge is 2.37. The largest absolute Gasteiger partial charge is 0.355 e. The van der Waals surface area contributed by atoms with Crippen LogP contribution in [0.5, 0.6) is 0 Å². The van der Waals surface area contributed by atoms with Gasteiger partial charge in [-0.25, -0.2) is 9.97 Å². The van der Waals surface area contributed by atoms with Crippen LogP contribution in [0.4, 0.5) is 5.13 Å². The van der Waals surface area contributed by atoms with Crippen molar-refractivity contribution in [3.05, 3.63) is 41.8 Å². The molecular formula is C18H16ClN3O2S2. The van der Waals surface area contributed by atoms with E-state index in [4.69, 9.17) is 16.3 Å². The third-order valence-corrected chi connectivity index (χ3v) is 6.03. The van der Waals surface area contributed by atoms with Gasteiger partial charge in [0.2, 0.25) is 0 Å². The maximum Gasteiger partial charge on any atom is 0.268 e. The Morgan fingerprint density at radius 2 is 2.12 bits per heavy atom. The minimum absolute atomic E-state index is 0.266. The highest BCUT2D eigenvalue weighted by atomic mass is 35.5. The predicted molar refractivity (Wildman–Crippen MR) is 108 cm³/mol. The van der Waals surface area contributed by atoms with Gasteiger partial charge in [0.05, 0.1) is 4.88 Å². The fourth-order valence-corrected chi connectivity index (χ4v) is 4.17. The zero-order chi connectivity index (χ0) is 18.1. The van der Waals surface area contributed by atoms with Crippen molar-refractivity contribution < 1.29 is 9.53 Å². The number of hydrogen-bond acceptors (Lipinski definition) is 6. The summed E-state index contributed by atoms with van der Waals surface area (Å²) in [5, 5.41) is 5.83. The molecule has 1 aromatic carbocycles. The first-order chi connectivity index (χ1) is 12.5. The van der Waals surface area contributed by atoms with Crippen molar-refractivity contribution >= 4 is 57.4 Å². The fourth-order valence-electron chi connectivity index (χ4n) is 2.89. The Hall–Kier alpha value is -1.67. The topological polar surface area (TPSA) is 64.1 Å². The van der Waals surface area contributed by atoms with E-state index in [0.29, 0.717) is 23.3 Å². The van der Waals surface area contributed by atoms with Crippen molar-refractivity contribution in [3.8, 4) is 10.4 Å². The summed E-state index contributed by atoms with van der Waals surface area (Å²) in [7, 11) is 0. The van der Waals surface area contributed by atoms with Gasteiger partial charge < -0.3 is 4.74 Å². The molecule has 8 heteroatoms. The van der Waals surface area contributed by atoms with Crippen molar-refractivity contribution in [2.45, 2.75) is 24.2 Å². The van der Waals surface area contributed by atoms with Gasteiger partial charge in [0.25, 0.3) is 5.91 Å². The van der Waals surface area contributed by atoms with Gasteiger partial charge >= 0.3 is 0 Å². The van der Waals surface area contributed by atoms with E-state index in [1.54, 1.807) is 12.4 Å². The molecule has 0 aliphatic carbocycles. The van der Waals surface area contributed by atoms with E-state index in [0.717, 1.165) is 34.1 Å². The van der Waals surface area contributed by atoms with Crippen LogP contribution in [0.25, 0.3) is 21.2 Å². The first kappa shape index (κ1) is 17.7. The molecule has 26 heavy (non-hydrogen) atoms. The Morgan fingerprint density at radius 3 is 2.92 bits per heavy atom.